The van der Waals surface area contributed by atoms with Crippen LogP contribution in [0, 0.1) is 25.2 Å². The summed E-state index contributed by atoms with van der Waals surface area (Å²) in [6.45, 7) is 7.43. The molecule has 6 heteroatoms. The van der Waals surface area contributed by atoms with Crippen LogP contribution in [0.3, 0.4) is 0 Å². The molecule has 0 radical (unpaired) electrons. The number of hydrogen-bond donors (Lipinski definition) is 0. The number of carbonyl (C=O) groups is 1. The second-order valence-corrected chi connectivity index (χ2v) is 8.00. The van der Waals surface area contributed by atoms with Gasteiger partial charge in [-0.1, -0.05) is 5.16 Å². The second-order valence-electron chi connectivity index (χ2n) is 8.00. The van der Waals surface area contributed by atoms with Gasteiger partial charge in [-0.2, -0.15) is 0 Å². The molecule has 2 saturated heterocycles. The maximum atomic E-state index is 13.1. The van der Waals surface area contributed by atoms with E-state index in [4.69, 9.17) is 14.0 Å². The average Bonchev–Trinajstić information content (AvgIpc) is 3.37. The smallest absolute Gasteiger partial charge is 0.259 e. The van der Waals surface area contributed by atoms with E-state index >= 15 is 0 Å². The Balaban J connectivity index is 1.50. The summed E-state index contributed by atoms with van der Waals surface area (Å²) in [7, 11) is 0. The Morgan fingerprint density at radius 2 is 2.20 bits per heavy atom. The number of hydrogen-bond acceptors (Lipinski definition) is 5. The lowest BCUT2D eigenvalue weighted by Gasteiger charge is -2.50. The Bertz CT molecular complexity index is 620. The second kappa shape index (κ2) is 6.72. The van der Waals surface area contributed by atoms with Gasteiger partial charge < -0.3 is 18.9 Å². The topological polar surface area (TPSA) is 64.8 Å². The number of carbonyl (C=O) groups excluding carboxylic acids is 1. The summed E-state index contributed by atoms with van der Waals surface area (Å²) < 4.78 is 17.3. The zero-order valence-electron chi connectivity index (χ0n) is 15.3. The van der Waals surface area contributed by atoms with Crippen molar-refractivity contribution in [2.45, 2.75) is 52.1 Å². The summed E-state index contributed by atoms with van der Waals surface area (Å²) in [4.78, 5) is 15.0. The quantitative estimate of drug-likeness (QED) is 0.819. The normalized spacial score (nSPS) is 29.5. The van der Waals surface area contributed by atoms with Crippen LogP contribution in [-0.2, 0) is 9.47 Å². The van der Waals surface area contributed by atoms with Gasteiger partial charge in [0.05, 0.1) is 18.4 Å². The van der Waals surface area contributed by atoms with Gasteiger partial charge in [0.25, 0.3) is 5.91 Å². The molecule has 4 rings (SSSR count). The SMILES string of the molecule is Cc1noc(C)c1C(=O)N1CCC2OCCCC2(COCC2CC2)C1. The molecule has 0 spiro atoms. The minimum absolute atomic E-state index is 0.0295. The molecule has 3 heterocycles. The molecule has 1 amide bonds. The number of piperidine rings is 1. The number of nitrogens with zero attached hydrogens (tertiary/aromatic N) is 2. The molecule has 2 unspecified atom stereocenters. The highest BCUT2D eigenvalue weighted by atomic mass is 16.5. The van der Waals surface area contributed by atoms with Gasteiger partial charge in [0, 0.05) is 31.7 Å². The molecule has 6 nitrogen and oxygen atoms in total. The van der Waals surface area contributed by atoms with E-state index in [-0.39, 0.29) is 17.4 Å². The molecule has 0 bridgehead atoms. The summed E-state index contributed by atoms with van der Waals surface area (Å²) in [6.07, 6.45) is 5.77. The zero-order chi connectivity index (χ0) is 17.4. The minimum Gasteiger partial charge on any atom is -0.380 e. The van der Waals surface area contributed by atoms with Crippen molar-refractivity contribution in [3.05, 3.63) is 17.0 Å². The molecule has 3 fully saturated rings. The summed E-state index contributed by atoms with van der Waals surface area (Å²) in [5.41, 5.74) is 1.22. The molecule has 1 aromatic heterocycles. The van der Waals surface area contributed by atoms with Crippen molar-refractivity contribution in [3.8, 4) is 0 Å². The van der Waals surface area contributed by atoms with Crippen LogP contribution in [0.25, 0.3) is 0 Å². The van der Waals surface area contributed by atoms with E-state index in [1.807, 2.05) is 11.8 Å². The van der Waals surface area contributed by atoms with E-state index in [1.54, 1.807) is 6.92 Å². The zero-order valence-corrected chi connectivity index (χ0v) is 15.3. The first-order valence-corrected chi connectivity index (χ1v) is 9.50. The van der Waals surface area contributed by atoms with Crippen LogP contribution in [0.5, 0.6) is 0 Å². The molecule has 2 atom stereocenters. The number of fused-ring (bicyclic) bond motifs is 1. The predicted octanol–water partition coefficient (Wildman–Crippen LogP) is 2.73. The fraction of sp³-hybridized carbons (Fsp3) is 0.789. The molecule has 138 valence electrons. The van der Waals surface area contributed by atoms with Gasteiger partial charge in [-0.3, -0.25) is 4.79 Å². The number of aromatic nitrogens is 1. The molecule has 1 saturated carbocycles. The number of likely N-dealkylation sites (tertiary alicyclic amines) is 1. The number of rotatable bonds is 5. The van der Waals surface area contributed by atoms with Gasteiger partial charge in [0.2, 0.25) is 0 Å². The van der Waals surface area contributed by atoms with Crippen molar-refractivity contribution >= 4 is 5.91 Å². The maximum absolute atomic E-state index is 13.1. The van der Waals surface area contributed by atoms with Gasteiger partial charge in [-0.25, -0.2) is 0 Å². The van der Waals surface area contributed by atoms with Crippen LogP contribution >= 0.6 is 0 Å². The third kappa shape index (κ3) is 3.34. The molecule has 25 heavy (non-hydrogen) atoms. The third-order valence-corrected chi connectivity index (χ3v) is 5.96. The van der Waals surface area contributed by atoms with E-state index < -0.39 is 0 Å². The van der Waals surface area contributed by atoms with Crippen LogP contribution in [0.4, 0.5) is 0 Å². The average molecular weight is 348 g/mol. The lowest BCUT2D eigenvalue weighted by molar-refractivity contribution is -0.147. The third-order valence-electron chi connectivity index (χ3n) is 5.96. The Morgan fingerprint density at radius 1 is 1.36 bits per heavy atom. The highest BCUT2D eigenvalue weighted by Gasteiger charge is 2.47. The van der Waals surface area contributed by atoms with Gasteiger partial charge in [-0.05, 0) is 51.9 Å². The standard InChI is InChI=1S/C19H28N2O4/c1-13-17(14(2)25-20-13)18(22)21-8-6-16-19(11-21,7-3-9-24-16)12-23-10-15-4-5-15/h15-16H,3-12H2,1-2H3. The highest BCUT2D eigenvalue weighted by Crippen LogP contribution is 2.41. The largest absolute Gasteiger partial charge is 0.380 e. The van der Waals surface area contributed by atoms with Crippen LogP contribution in [0.1, 0.15) is 53.9 Å². The Morgan fingerprint density at radius 3 is 2.92 bits per heavy atom. The van der Waals surface area contributed by atoms with Crippen molar-refractivity contribution < 1.29 is 18.8 Å². The minimum atomic E-state index is -0.0694. The van der Waals surface area contributed by atoms with E-state index in [0.717, 1.165) is 44.9 Å². The van der Waals surface area contributed by atoms with Gasteiger partial charge >= 0.3 is 0 Å². The first-order valence-electron chi connectivity index (χ1n) is 9.50. The van der Waals surface area contributed by atoms with Crippen molar-refractivity contribution in [1.29, 1.82) is 0 Å². The molecule has 0 N–H and O–H groups in total. The predicted molar refractivity (Wildman–Crippen MR) is 91.4 cm³/mol. The van der Waals surface area contributed by atoms with Gasteiger partial charge in [0.1, 0.15) is 11.3 Å². The summed E-state index contributed by atoms with van der Waals surface area (Å²) in [5, 5.41) is 3.93. The van der Waals surface area contributed by atoms with Gasteiger partial charge in [-0.15, -0.1) is 0 Å². The van der Waals surface area contributed by atoms with Crippen LogP contribution < -0.4 is 0 Å². The first kappa shape index (κ1) is 17.0. The maximum Gasteiger partial charge on any atom is 0.259 e. The van der Waals surface area contributed by atoms with Crippen LogP contribution in [0.15, 0.2) is 4.52 Å². The molecule has 1 aliphatic carbocycles. The summed E-state index contributed by atoms with van der Waals surface area (Å²) in [6, 6.07) is 0. The monoisotopic (exact) mass is 348 g/mol. The van der Waals surface area contributed by atoms with Crippen molar-refractivity contribution in [2.24, 2.45) is 11.3 Å². The summed E-state index contributed by atoms with van der Waals surface area (Å²) >= 11 is 0. The molecular weight excluding hydrogens is 320 g/mol. The fourth-order valence-electron chi connectivity index (χ4n) is 4.33. The molecule has 1 aromatic rings. The molecule has 3 aliphatic rings. The fourth-order valence-corrected chi connectivity index (χ4v) is 4.33. The van der Waals surface area contributed by atoms with Crippen molar-refractivity contribution in [2.75, 3.05) is 32.9 Å². The van der Waals surface area contributed by atoms with Crippen LogP contribution in [-0.4, -0.2) is 55.0 Å². The Hall–Kier alpha value is -1.40. The van der Waals surface area contributed by atoms with E-state index in [1.165, 1.54) is 12.8 Å². The Labute approximate surface area is 148 Å². The molecule has 2 aliphatic heterocycles. The Kier molecular flexibility index (Phi) is 4.58. The van der Waals surface area contributed by atoms with Crippen molar-refractivity contribution in [3.63, 3.8) is 0 Å². The van der Waals surface area contributed by atoms with Crippen molar-refractivity contribution in [1.82, 2.24) is 10.1 Å². The lowest BCUT2D eigenvalue weighted by Crippen LogP contribution is -2.58. The van der Waals surface area contributed by atoms with E-state index in [0.29, 0.717) is 30.2 Å². The van der Waals surface area contributed by atoms with Crippen LogP contribution in [0.2, 0.25) is 0 Å². The number of amides is 1. The number of aryl methyl sites for hydroxylation is 2. The first-order chi connectivity index (χ1) is 12.1. The highest BCUT2D eigenvalue weighted by molar-refractivity contribution is 5.96. The number of ether oxygens (including phenoxy) is 2. The molecule has 0 aromatic carbocycles. The van der Waals surface area contributed by atoms with Gasteiger partial charge in [0.15, 0.2) is 0 Å². The van der Waals surface area contributed by atoms with E-state index in [2.05, 4.69) is 5.16 Å². The molecular formula is C19H28N2O4. The summed E-state index contributed by atoms with van der Waals surface area (Å²) in [5.74, 6) is 1.38. The lowest BCUT2D eigenvalue weighted by atomic mass is 9.73. The van der Waals surface area contributed by atoms with E-state index in [9.17, 15) is 4.79 Å².